The zero-order chi connectivity index (χ0) is 12.5. The molecular weight excluding hydrogens is 222 g/mol. The van der Waals surface area contributed by atoms with Crippen molar-refractivity contribution in [3.8, 4) is 11.5 Å². The number of ether oxygens (including phenoxy) is 2. The fourth-order valence-electron chi connectivity index (χ4n) is 1.38. The van der Waals surface area contributed by atoms with Gasteiger partial charge in [0, 0.05) is 13.1 Å². The maximum atomic E-state index is 9.41. The average molecular weight is 241 g/mol. The van der Waals surface area contributed by atoms with E-state index in [2.05, 4.69) is 5.32 Å². The Morgan fingerprint density at radius 3 is 2.82 bits per heavy atom. The summed E-state index contributed by atoms with van der Waals surface area (Å²) in [6.07, 6.45) is 0. The second-order valence-electron chi connectivity index (χ2n) is 3.52. The van der Waals surface area contributed by atoms with Crippen molar-refractivity contribution in [2.75, 3.05) is 33.5 Å². The van der Waals surface area contributed by atoms with E-state index in [1.54, 1.807) is 12.1 Å². The summed E-state index contributed by atoms with van der Waals surface area (Å²) < 4.78 is 10.1. The number of nitrogens with one attached hydrogen (secondary N) is 1. The highest BCUT2D eigenvalue weighted by Gasteiger charge is 2.01. The second kappa shape index (κ2) is 7.89. The molecule has 0 fully saturated rings. The van der Waals surface area contributed by atoms with E-state index >= 15 is 0 Å². The molecule has 1 aromatic rings. The van der Waals surface area contributed by atoms with Gasteiger partial charge in [-0.05, 0) is 17.7 Å². The van der Waals surface area contributed by atoms with Gasteiger partial charge in [-0.15, -0.1) is 0 Å². The molecule has 96 valence electrons. The highest BCUT2D eigenvalue weighted by atomic mass is 16.5. The van der Waals surface area contributed by atoms with Crippen molar-refractivity contribution in [2.45, 2.75) is 6.54 Å². The van der Waals surface area contributed by atoms with Gasteiger partial charge in [-0.25, -0.2) is 0 Å². The van der Waals surface area contributed by atoms with Crippen molar-refractivity contribution < 1.29 is 19.7 Å². The van der Waals surface area contributed by atoms with Crippen LogP contribution in [0.2, 0.25) is 0 Å². The quantitative estimate of drug-likeness (QED) is 0.578. The molecule has 0 aliphatic carbocycles. The number of rotatable bonds is 8. The Morgan fingerprint density at radius 1 is 1.29 bits per heavy atom. The van der Waals surface area contributed by atoms with Crippen LogP contribution in [-0.2, 0) is 11.3 Å². The Bertz CT molecular complexity index is 330. The standard InChI is InChI=1S/C12H19NO4/c1-16-12-8-10(2-3-11(12)15)9-13-4-6-17-7-5-14/h2-3,8,13-15H,4-7,9H2,1H3. The van der Waals surface area contributed by atoms with Crippen LogP contribution in [0.5, 0.6) is 11.5 Å². The highest BCUT2D eigenvalue weighted by molar-refractivity contribution is 5.41. The van der Waals surface area contributed by atoms with Crippen LogP contribution < -0.4 is 10.1 Å². The van der Waals surface area contributed by atoms with Crippen LogP contribution in [0.25, 0.3) is 0 Å². The third-order valence-electron chi connectivity index (χ3n) is 2.23. The molecule has 0 heterocycles. The molecule has 5 heteroatoms. The molecule has 0 atom stereocenters. The molecule has 17 heavy (non-hydrogen) atoms. The van der Waals surface area contributed by atoms with Gasteiger partial charge in [0.25, 0.3) is 0 Å². The molecule has 0 unspecified atom stereocenters. The Morgan fingerprint density at radius 2 is 2.12 bits per heavy atom. The number of aliphatic hydroxyl groups excluding tert-OH is 1. The molecule has 0 amide bonds. The monoisotopic (exact) mass is 241 g/mol. The van der Waals surface area contributed by atoms with E-state index in [9.17, 15) is 5.11 Å². The first kappa shape index (κ1) is 13.8. The molecule has 0 aromatic heterocycles. The second-order valence-corrected chi connectivity index (χ2v) is 3.52. The molecule has 5 nitrogen and oxygen atoms in total. The lowest BCUT2D eigenvalue weighted by atomic mass is 10.2. The molecular formula is C12H19NO4. The predicted octanol–water partition coefficient (Wildman–Crippen LogP) is 0.499. The largest absolute Gasteiger partial charge is 0.504 e. The summed E-state index contributed by atoms with van der Waals surface area (Å²) in [6.45, 7) is 2.38. The van der Waals surface area contributed by atoms with Gasteiger partial charge in [0.15, 0.2) is 11.5 Å². The summed E-state index contributed by atoms with van der Waals surface area (Å²) in [5.74, 6) is 0.614. The summed E-state index contributed by atoms with van der Waals surface area (Å²) in [5.41, 5.74) is 1.03. The number of aliphatic hydroxyl groups is 1. The topological polar surface area (TPSA) is 71.0 Å². The Balaban J connectivity index is 2.27. The van der Waals surface area contributed by atoms with Gasteiger partial charge in [-0.1, -0.05) is 6.07 Å². The van der Waals surface area contributed by atoms with E-state index < -0.39 is 0 Å². The van der Waals surface area contributed by atoms with Crippen molar-refractivity contribution in [1.82, 2.24) is 5.32 Å². The fourth-order valence-corrected chi connectivity index (χ4v) is 1.38. The van der Waals surface area contributed by atoms with Gasteiger partial charge < -0.3 is 25.0 Å². The lowest BCUT2D eigenvalue weighted by Crippen LogP contribution is -2.20. The zero-order valence-corrected chi connectivity index (χ0v) is 9.98. The predicted molar refractivity (Wildman–Crippen MR) is 64.3 cm³/mol. The van der Waals surface area contributed by atoms with Gasteiger partial charge in [0.2, 0.25) is 0 Å². The van der Waals surface area contributed by atoms with Crippen molar-refractivity contribution in [1.29, 1.82) is 0 Å². The minimum atomic E-state index is 0.0508. The summed E-state index contributed by atoms with van der Waals surface area (Å²) in [5, 5.41) is 21.1. The maximum absolute atomic E-state index is 9.41. The van der Waals surface area contributed by atoms with Crippen molar-refractivity contribution in [2.24, 2.45) is 0 Å². The van der Waals surface area contributed by atoms with E-state index in [0.29, 0.717) is 32.1 Å². The minimum absolute atomic E-state index is 0.0508. The number of hydrogen-bond donors (Lipinski definition) is 3. The van der Waals surface area contributed by atoms with Crippen LogP contribution in [0.3, 0.4) is 0 Å². The van der Waals surface area contributed by atoms with Gasteiger partial charge in [-0.2, -0.15) is 0 Å². The first-order valence-corrected chi connectivity index (χ1v) is 5.53. The number of phenolic OH excluding ortho intramolecular Hbond substituents is 1. The maximum Gasteiger partial charge on any atom is 0.160 e. The van der Waals surface area contributed by atoms with E-state index in [0.717, 1.165) is 5.56 Å². The van der Waals surface area contributed by atoms with Gasteiger partial charge in [0.05, 0.1) is 26.9 Å². The first-order chi connectivity index (χ1) is 8.27. The summed E-state index contributed by atoms with van der Waals surface area (Å²) in [7, 11) is 1.52. The number of methoxy groups -OCH3 is 1. The molecule has 0 bridgehead atoms. The lowest BCUT2D eigenvalue weighted by molar-refractivity contribution is 0.0938. The van der Waals surface area contributed by atoms with Gasteiger partial charge >= 0.3 is 0 Å². The number of aromatic hydroxyl groups is 1. The molecule has 0 saturated heterocycles. The van der Waals surface area contributed by atoms with Crippen LogP contribution in [0.4, 0.5) is 0 Å². The Kier molecular flexibility index (Phi) is 6.39. The fraction of sp³-hybridized carbons (Fsp3) is 0.500. The van der Waals surface area contributed by atoms with Crippen LogP contribution in [0.15, 0.2) is 18.2 Å². The summed E-state index contributed by atoms with van der Waals surface area (Å²) in [6, 6.07) is 5.23. The van der Waals surface area contributed by atoms with E-state index in [1.165, 1.54) is 7.11 Å². The lowest BCUT2D eigenvalue weighted by Gasteiger charge is -2.08. The first-order valence-electron chi connectivity index (χ1n) is 5.53. The smallest absolute Gasteiger partial charge is 0.160 e. The third kappa shape index (κ3) is 5.04. The Hall–Kier alpha value is -1.30. The number of benzene rings is 1. The van der Waals surface area contributed by atoms with Gasteiger partial charge in [-0.3, -0.25) is 0 Å². The highest BCUT2D eigenvalue weighted by Crippen LogP contribution is 2.25. The molecule has 1 aromatic carbocycles. The number of phenols is 1. The number of hydrogen-bond acceptors (Lipinski definition) is 5. The molecule has 1 rings (SSSR count). The van der Waals surface area contributed by atoms with Crippen LogP contribution in [-0.4, -0.2) is 43.7 Å². The normalized spacial score (nSPS) is 10.5. The minimum Gasteiger partial charge on any atom is -0.504 e. The van der Waals surface area contributed by atoms with Crippen molar-refractivity contribution in [3.05, 3.63) is 23.8 Å². The zero-order valence-electron chi connectivity index (χ0n) is 9.98. The Labute approximate surface area is 101 Å². The molecule has 0 aliphatic heterocycles. The summed E-state index contributed by atoms with van der Waals surface area (Å²) >= 11 is 0. The average Bonchev–Trinajstić information content (AvgIpc) is 2.35. The van der Waals surface area contributed by atoms with E-state index in [-0.39, 0.29) is 12.4 Å². The van der Waals surface area contributed by atoms with E-state index in [4.69, 9.17) is 14.6 Å². The molecule has 0 radical (unpaired) electrons. The van der Waals surface area contributed by atoms with Crippen molar-refractivity contribution in [3.63, 3.8) is 0 Å². The van der Waals surface area contributed by atoms with E-state index in [1.807, 2.05) is 6.07 Å². The van der Waals surface area contributed by atoms with Crippen LogP contribution >= 0.6 is 0 Å². The van der Waals surface area contributed by atoms with Crippen molar-refractivity contribution >= 4 is 0 Å². The third-order valence-corrected chi connectivity index (χ3v) is 2.23. The SMILES string of the molecule is COc1cc(CNCCOCCO)ccc1O. The molecule has 0 saturated carbocycles. The van der Waals surface area contributed by atoms with Crippen LogP contribution in [0.1, 0.15) is 5.56 Å². The summed E-state index contributed by atoms with van der Waals surface area (Å²) in [4.78, 5) is 0. The molecule has 0 aliphatic rings. The molecule has 3 N–H and O–H groups in total. The van der Waals surface area contributed by atoms with Crippen LogP contribution in [0, 0.1) is 0 Å². The molecule has 0 spiro atoms. The van der Waals surface area contributed by atoms with Gasteiger partial charge in [0.1, 0.15) is 0 Å².